The van der Waals surface area contributed by atoms with Gasteiger partial charge in [-0.3, -0.25) is 5.10 Å². The minimum Gasteiger partial charge on any atom is -0.340 e. The SMILES string of the molecule is CC(C)(N)C1CCN(c2nccc(Nc3cc(C4CC4)[nH]n3)n2)C1. The van der Waals surface area contributed by atoms with Crippen LogP contribution in [0.3, 0.4) is 0 Å². The highest BCUT2D eigenvalue weighted by molar-refractivity contribution is 5.53. The molecule has 2 aromatic heterocycles. The second kappa shape index (κ2) is 5.73. The number of nitrogens with zero attached hydrogens (tertiary/aromatic N) is 4. The van der Waals surface area contributed by atoms with Crippen molar-refractivity contribution >= 4 is 17.6 Å². The Hall–Kier alpha value is -2.15. The number of hydrogen-bond donors (Lipinski definition) is 3. The van der Waals surface area contributed by atoms with Crippen LogP contribution >= 0.6 is 0 Å². The zero-order valence-corrected chi connectivity index (χ0v) is 14.3. The molecule has 1 atom stereocenters. The van der Waals surface area contributed by atoms with Crippen molar-refractivity contribution in [2.45, 2.75) is 44.6 Å². The van der Waals surface area contributed by atoms with Crippen molar-refractivity contribution in [1.29, 1.82) is 0 Å². The number of rotatable bonds is 5. The Morgan fingerprint density at radius 1 is 1.29 bits per heavy atom. The van der Waals surface area contributed by atoms with Gasteiger partial charge in [0.25, 0.3) is 0 Å². The summed E-state index contributed by atoms with van der Waals surface area (Å²) in [4.78, 5) is 11.3. The molecule has 3 heterocycles. The minimum absolute atomic E-state index is 0.168. The van der Waals surface area contributed by atoms with Crippen molar-refractivity contribution in [2.24, 2.45) is 11.7 Å². The topological polar surface area (TPSA) is 95.8 Å². The molecular formula is C17H25N7. The lowest BCUT2D eigenvalue weighted by molar-refractivity contribution is 0.348. The summed E-state index contributed by atoms with van der Waals surface area (Å²) in [6, 6.07) is 3.94. The maximum atomic E-state index is 6.25. The van der Waals surface area contributed by atoms with E-state index >= 15 is 0 Å². The molecule has 0 aromatic carbocycles. The molecule has 4 rings (SSSR count). The van der Waals surface area contributed by atoms with E-state index in [-0.39, 0.29) is 5.54 Å². The zero-order valence-electron chi connectivity index (χ0n) is 14.3. The lowest BCUT2D eigenvalue weighted by Gasteiger charge is -2.26. The van der Waals surface area contributed by atoms with Gasteiger partial charge < -0.3 is 16.0 Å². The molecule has 4 N–H and O–H groups in total. The predicted molar refractivity (Wildman–Crippen MR) is 94.5 cm³/mol. The summed E-state index contributed by atoms with van der Waals surface area (Å²) in [5, 5.41) is 10.7. The van der Waals surface area contributed by atoms with E-state index < -0.39 is 0 Å². The van der Waals surface area contributed by atoms with Crippen molar-refractivity contribution in [3.8, 4) is 0 Å². The molecule has 2 aliphatic rings. The van der Waals surface area contributed by atoms with Gasteiger partial charge in [0, 0.05) is 42.5 Å². The molecule has 1 aliphatic heterocycles. The first kappa shape index (κ1) is 15.4. The third-order valence-electron chi connectivity index (χ3n) is 5.04. The highest BCUT2D eigenvalue weighted by Gasteiger charge is 2.33. The van der Waals surface area contributed by atoms with E-state index in [1.54, 1.807) is 6.20 Å². The number of H-pyrrole nitrogens is 1. The molecule has 1 aliphatic carbocycles. The molecule has 1 saturated heterocycles. The largest absolute Gasteiger partial charge is 0.340 e. The lowest BCUT2D eigenvalue weighted by Crippen LogP contribution is -2.42. The quantitative estimate of drug-likeness (QED) is 0.780. The number of nitrogens with one attached hydrogen (secondary N) is 2. The van der Waals surface area contributed by atoms with E-state index in [0.29, 0.717) is 11.8 Å². The molecule has 1 unspecified atom stereocenters. The summed E-state index contributed by atoms with van der Waals surface area (Å²) in [5.41, 5.74) is 7.29. The maximum absolute atomic E-state index is 6.25. The first-order chi connectivity index (χ1) is 11.5. The highest BCUT2D eigenvalue weighted by atomic mass is 15.3. The van der Waals surface area contributed by atoms with Crippen molar-refractivity contribution in [1.82, 2.24) is 20.2 Å². The average molecular weight is 327 g/mol. The van der Waals surface area contributed by atoms with E-state index in [1.165, 1.54) is 18.5 Å². The van der Waals surface area contributed by atoms with Crippen LogP contribution in [0.5, 0.6) is 0 Å². The Labute approximate surface area is 142 Å². The number of hydrogen-bond acceptors (Lipinski definition) is 6. The Bertz CT molecular complexity index is 714. The Kier molecular flexibility index (Phi) is 3.68. The molecule has 1 saturated carbocycles. The summed E-state index contributed by atoms with van der Waals surface area (Å²) in [7, 11) is 0. The fraction of sp³-hybridized carbons (Fsp3) is 0.588. The lowest BCUT2D eigenvalue weighted by atomic mass is 9.88. The monoisotopic (exact) mass is 327 g/mol. The number of anilines is 3. The van der Waals surface area contributed by atoms with Gasteiger partial charge in [0.05, 0.1) is 0 Å². The van der Waals surface area contributed by atoms with Gasteiger partial charge in [0.1, 0.15) is 5.82 Å². The molecular weight excluding hydrogens is 302 g/mol. The van der Waals surface area contributed by atoms with Gasteiger partial charge in [-0.15, -0.1) is 0 Å². The number of nitrogens with two attached hydrogens (primary N) is 1. The molecule has 2 aromatic rings. The van der Waals surface area contributed by atoms with Crippen LogP contribution in [0.2, 0.25) is 0 Å². The molecule has 0 amide bonds. The van der Waals surface area contributed by atoms with Crippen LogP contribution < -0.4 is 16.0 Å². The molecule has 2 fully saturated rings. The summed E-state index contributed by atoms with van der Waals surface area (Å²) in [6.45, 7) is 6.04. The fourth-order valence-corrected chi connectivity index (χ4v) is 3.25. The average Bonchev–Trinajstić information content (AvgIpc) is 3.08. The minimum atomic E-state index is -0.168. The van der Waals surface area contributed by atoms with Gasteiger partial charge in [-0.25, -0.2) is 4.98 Å². The summed E-state index contributed by atoms with van der Waals surface area (Å²) >= 11 is 0. The van der Waals surface area contributed by atoms with Crippen LogP contribution in [0.25, 0.3) is 0 Å². The number of aromatic nitrogens is 4. The summed E-state index contributed by atoms with van der Waals surface area (Å²) in [5.74, 6) is 3.46. The van der Waals surface area contributed by atoms with Gasteiger partial charge in [-0.2, -0.15) is 10.1 Å². The van der Waals surface area contributed by atoms with Crippen LogP contribution in [-0.4, -0.2) is 38.8 Å². The molecule has 7 heteroatoms. The van der Waals surface area contributed by atoms with Gasteiger partial charge in [-0.05, 0) is 45.1 Å². The third kappa shape index (κ3) is 3.21. The van der Waals surface area contributed by atoms with Crippen molar-refractivity contribution in [2.75, 3.05) is 23.3 Å². The molecule has 7 nitrogen and oxygen atoms in total. The zero-order chi connectivity index (χ0) is 16.7. The Morgan fingerprint density at radius 2 is 2.12 bits per heavy atom. The second-order valence-corrected chi connectivity index (χ2v) is 7.60. The standard InChI is InChI=1S/C17H25N7/c1-17(2,18)12-6-8-24(10-12)16-19-7-5-14(21-16)20-15-9-13(22-23-15)11-3-4-11/h5,7,9,11-12H,3-4,6,8,10,18H2,1-2H3,(H2,19,20,21,22,23). The van der Waals surface area contributed by atoms with Crippen LogP contribution in [0.1, 0.15) is 44.7 Å². The van der Waals surface area contributed by atoms with Crippen molar-refractivity contribution < 1.29 is 0 Å². The van der Waals surface area contributed by atoms with Gasteiger partial charge >= 0.3 is 0 Å². The maximum Gasteiger partial charge on any atom is 0.227 e. The molecule has 0 bridgehead atoms. The van der Waals surface area contributed by atoms with Crippen LogP contribution in [-0.2, 0) is 0 Å². The van der Waals surface area contributed by atoms with Crippen molar-refractivity contribution in [3.05, 3.63) is 24.0 Å². The summed E-state index contributed by atoms with van der Waals surface area (Å²) < 4.78 is 0. The Balaban J connectivity index is 1.45. The smallest absolute Gasteiger partial charge is 0.227 e. The summed E-state index contributed by atoms with van der Waals surface area (Å²) in [6.07, 6.45) is 5.38. The van der Waals surface area contributed by atoms with Gasteiger partial charge in [0.15, 0.2) is 5.82 Å². The van der Waals surface area contributed by atoms with Gasteiger partial charge in [0.2, 0.25) is 5.95 Å². The Morgan fingerprint density at radius 3 is 2.83 bits per heavy atom. The van der Waals surface area contributed by atoms with Gasteiger partial charge in [-0.1, -0.05) is 0 Å². The molecule has 0 spiro atoms. The normalized spacial score (nSPS) is 21.3. The van der Waals surface area contributed by atoms with E-state index in [0.717, 1.165) is 37.1 Å². The highest BCUT2D eigenvalue weighted by Crippen LogP contribution is 2.39. The van der Waals surface area contributed by atoms with E-state index in [4.69, 9.17) is 5.73 Å². The molecule has 128 valence electrons. The number of aromatic amines is 1. The second-order valence-electron chi connectivity index (χ2n) is 7.60. The molecule has 24 heavy (non-hydrogen) atoms. The van der Waals surface area contributed by atoms with E-state index in [2.05, 4.69) is 50.3 Å². The van der Waals surface area contributed by atoms with E-state index in [1.807, 2.05) is 6.07 Å². The molecule has 0 radical (unpaired) electrons. The van der Waals surface area contributed by atoms with Crippen molar-refractivity contribution in [3.63, 3.8) is 0 Å². The van der Waals surface area contributed by atoms with Crippen LogP contribution in [0.15, 0.2) is 18.3 Å². The first-order valence-corrected chi connectivity index (χ1v) is 8.68. The third-order valence-corrected chi connectivity index (χ3v) is 5.04. The van der Waals surface area contributed by atoms with Crippen LogP contribution in [0.4, 0.5) is 17.6 Å². The van der Waals surface area contributed by atoms with E-state index in [9.17, 15) is 0 Å². The fourth-order valence-electron chi connectivity index (χ4n) is 3.25. The van der Waals surface area contributed by atoms with Crippen LogP contribution in [0, 0.1) is 5.92 Å². The first-order valence-electron chi connectivity index (χ1n) is 8.68. The predicted octanol–water partition coefficient (Wildman–Crippen LogP) is 2.38.